The Morgan fingerprint density at radius 1 is 0.429 bits per heavy atom. The zero-order valence-corrected chi connectivity index (χ0v) is 12.5. The van der Waals surface area contributed by atoms with Crippen molar-refractivity contribution >= 4 is 87.1 Å². The van der Waals surface area contributed by atoms with Gasteiger partial charge in [0.15, 0.2) is 0 Å². The molecule has 0 aromatic carbocycles. The minimum atomic E-state index is -5.33. The first kappa shape index (κ1) is 53.4. The van der Waals surface area contributed by atoms with Gasteiger partial charge in [-0.3, -0.25) is 0 Å². The monoisotopic (exact) mass is 535 g/mol. The molecule has 0 unspecified atom stereocenters. The predicted molar refractivity (Wildman–Crippen MR) is 63.9 cm³/mol. The Kier molecular flexibility index (Phi) is 42.9. The van der Waals surface area contributed by atoms with Gasteiger partial charge in [-0.1, -0.05) is 0 Å². The fourth-order valence-corrected chi connectivity index (χ4v) is 0. The fraction of sp³-hybridized carbons (Fsp3) is 0. The van der Waals surface area contributed by atoms with Gasteiger partial charge in [-0.15, -0.1) is 0 Å². The van der Waals surface area contributed by atoms with Crippen LogP contribution in [0.15, 0.2) is 0 Å². The van der Waals surface area contributed by atoms with Crippen molar-refractivity contribution in [3.8, 4) is 0 Å². The van der Waals surface area contributed by atoms with Crippen LogP contribution in [0, 0.1) is 0 Å². The second kappa shape index (κ2) is 11.3. The molecule has 0 aromatic heterocycles. The van der Waals surface area contributed by atoms with Gasteiger partial charge in [0, 0.05) is 0 Å². The molecular weight excluding hydrogens is 524 g/mol. The van der Waals surface area contributed by atoms with Gasteiger partial charge >= 0.3 is 93.9 Å². The Morgan fingerprint density at radius 2 is 0.429 bits per heavy atom. The first-order chi connectivity index (χ1) is 2.45. The van der Waals surface area contributed by atoms with Crippen LogP contribution in [0.4, 0.5) is 0 Å². The van der Waals surface area contributed by atoms with Crippen molar-refractivity contribution in [3.05, 3.63) is 0 Å². The van der Waals surface area contributed by atoms with Crippen LogP contribution >= 0.6 is 57.5 Å². The summed E-state index contributed by atoms with van der Waals surface area (Å²) < 4.78 is 0. The van der Waals surface area contributed by atoms with E-state index in [2.05, 4.69) is 0 Å². The van der Waals surface area contributed by atoms with E-state index in [-0.39, 0.29) is 62.4 Å². The quantitative estimate of drug-likeness (QED) is 0.327. The van der Waals surface area contributed by atoms with Crippen LogP contribution in [0.1, 0.15) is 0 Å². The van der Waals surface area contributed by atoms with E-state index in [0.29, 0.717) is 0 Å². The number of halogens is 6. The van der Waals surface area contributed by atoms with Gasteiger partial charge in [0.25, 0.3) is 0 Å². The SMILES string of the molecule is O.O.O.O.O.O.[Cl][Ir]([Cl])([Cl])([Cl])([Cl])[Cl].[NaH]. The van der Waals surface area contributed by atoms with Crippen LogP contribution in [0.2, 0.25) is 0 Å². The van der Waals surface area contributed by atoms with E-state index in [1.165, 1.54) is 0 Å². The van der Waals surface area contributed by atoms with Crippen molar-refractivity contribution in [1.29, 1.82) is 0 Å². The molecule has 0 rings (SSSR count). The molecule has 0 aromatic rings. The Bertz CT molecular complexity index is 80.9. The molecule has 0 fully saturated rings. The topological polar surface area (TPSA) is 189 Å². The molecule has 0 aliphatic heterocycles. The molecule has 14 heteroatoms. The zero-order chi connectivity index (χ0) is 6.41. The molecule has 0 spiro atoms. The zero-order valence-electron chi connectivity index (χ0n) is 5.60. The van der Waals surface area contributed by atoms with Crippen molar-refractivity contribution < 1.29 is 39.7 Å². The summed E-state index contributed by atoms with van der Waals surface area (Å²) in [4.78, 5) is 0. The van der Waals surface area contributed by atoms with Crippen LogP contribution < -0.4 is 0 Å². The first-order valence-corrected chi connectivity index (χ1v) is 18.6. The molecule has 0 saturated heterocycles. The predicted octanol–water partition coefficient (Wildman–Crippen LogP) is -1.46. The van der Waals surface area contributed by atoms with Crippen LogP contribution in [0.25, 0.3) is 0 Å². The molecule has 0 bridgehead atoms. The van der Waals surface area contributed by atoms with Crippen molar-refractivity contribution in [1.82, 2.24) is 0 Å². The van der Waals surface area contributed by atoms with Gasteiger partial charge in [0.05, 0.1) is 0 Å². The van der Waals surface area contributed by atoms with Gasteiger partial charge in [0.2, 0.25) is 0 Å². The maximum atomic E-state index is 5.06. The van der Waals surface area contributed by atoms with E-state index < -0.39 is 6.81 Å². The third-order valence-corrected chi connectivity index (χ3v) is 0. The fourth-order valence-electron chi connectivity index (χ4n) is 0. The van der Waals surface area contributed by atoms with Gasteiger partial charge in [0.1, 0.15) is 0 Å². The summed E-state index contributed by atoms with van der Waals surface area (Å²) in [6.07, 6.45) is 0. The Hall–Kier alpha value is 3.15. The average molecular weight is 537 g/mol. The van der Waals surface area contributed by atoms with Gasteiger partial charge in [-0.05, 0) is 0 Å². The molecule has 12 N–H and O–H groups in total. The number of hydrogen-bond acceptors (Lipinski definition) is 0. The molecule has 0 heterocycles. The van der Waals surface area contributed by atoms with Crippen molar-refractivity contribution in [2.24, 2.45) is 0 Å². The van der Waals surface area contributed by atoms with Crippen LogP contribution in [-0.2, 0) is 6.81 Å². The average Bonchev–Trinajstić information content (AvgIpc) is 0.592. The van der Waals surface area contributed by atoms with Crippen LogP contribution in [0.3, 0.4) is 0 Å². The van der Waals surface area contributed by atoms with E-state index in [1.807, 2.05) is 0 Å². The van der Waals surface area contributed by atoms with Gasteiger partial charge in [-0.2, -0.15) is 0 Å². The Labute approximate surface area is 125 Å². The molecule has 101 valence electrons. The Balaban J connectivity index is -0.00000000857. The molecule has 0 atom stereocenters. The molecule has 6 nitrogen and oxygen atoms in total. The maximum absolute atomic E-state index is 5.33. The van der Waals surface area contributed by atoms with E-state index >= 15 is 0 Å². The summed E-state index contributed by atoms with van der Waals surface area (Å²) in [7, 11) is 30.3. The summed E-state index contributed by atoms with van der Waals surface area (Å²) in [6.45, 7) is -5.33. The van der Waals surface area contributed by atoms with Gasteiger partial charge < -0.3 is 32.9 Å². The standard InChI is InChI=1S/6ClH.Ir.Na.6H2O.H/h6*1H;;;6*1H2;/q;;;;;;+6;;;;;;;;/p-6. The molecular formula is H13Cl6IrNaO6. The molecule has 0 saturated carbocycles. The first-order valence-electron chi connectivity index (χ1n) is 0.756. The number of rotatable bonds is 0. The normalized spacial score (nSPS) is 11.6. The van der Waals surface area contributed by atoms with E-state index in [4.69, 9.17) is 57.5 Å². The minimum absolute atomic E-state index is 0. The van der Waals surface area contributed by atoms with Gasteiger partial charge in [-0.25, -0.2) is 0 Å². The summed E-state index contributed by atoms with van der Waals surface area (Å²) in [5.41, 5.74) is 0. The van der Waals surface area contributed by atoms with E-state index in [9.17, 15) is 0 Å². The molecule has 0 aliphatic carbocycles. The summed E-state index contributed by atoms with van der Waals surface area (Å²) in [5.74, 6) is 0. The molecule has 14 heavy (non-hydrogen) atoms. The van der Waals surface area contributed by atoms with Crippen molar-refractivity contribution in [2.75, 3.05) is 0 Å². The second-order valence-electron chi connectivity index (χ2n) is 0.714. The van der Waals surface area contributed by atoms with E-state index in [0.717, 1.165) is 0 Å². The van der Waals surface area contributed by atoms with Crippen molar-refractivity contribution in [2.45, 2.75) is 0 Å². The van der Waals surface area contributed by atoms with E-state index in [1.54, 1.807) is 0 Å². The summed E-state index contributed by atoms with van der Waals surface area (Å²) >= 11 is 0. The third kappa shape index (κ3) is 306. The molecule has 0 amide bonds. The molecule has 0 radical (unpaired) electrons. The summed E-state index contributed by atoms with van der Waals surface area (Å²) in [5, 5.41) is 0. The van der Waals surface area contributed by atoms with Crippen molar-refractivity contribution in [3.63, 3.8) is 0 Å². The second-order valence-corrected chi connectivity index (χ2v) is 52.6. The third-order valence-electron chi connectivity index (χ3n) is 0. The Morgan fingerprint density at radius 3 is 0.429 bits per heavy atom. The summed E-state index contributed by atoms with van der Waals surface area (Å²) in [6, 6.07) is 0. The van der Waals surface area contributed by atoms with Crippen LogP contribution in [0.5, 0.6) is 0 Å². The molecule has 0 aliphatic rings. The number of hydrogen-bond donors (Lipinski definition) is 0. The van der Waals surface area contributed by atoms with Crippen LogP contribution in [-0.4, -0.2) is 62.4 Å².